The first-order valence-electron chi connectivity index (χ1n) is 7.19. The zero-order valence-corrected chi connectivity index (χ0v) is 12.0. The number of ether oxygens (including phenoxy) is 2. The highest BCUT2D eigenvalue weighted by Crippen LogP contribution is 2.38. The summed E-state index contributed by atoms with van der Waals surface area (Å²) in [4.78, 5) is 0. The van der Waals surface area contributed by atoms with Gasteiger partial charge in [-0.2, -0.15) is 0 Å². The fraction of sp³-hybridized carbons (Fsp3) is 0.625. The van der Waals surface area contributed by atoms with Crippen LogP contribution < -0.4 is 5.32 Å². The second kappa shape index (κ2) is 7.04. The van der Waals surface area contributed by atoms with Gasteiger partial charge in [0.15, 0.2) is 0 Å². The van der Waals surface area contributed by atoms with Gasteiger partial charge in [0.2, 0.25) is 0 Å². The molecule has 0 amide bonds. The Hall–Kier alpha value is -0.900. The largest absolute Gasteiger partial charge is 0.383 e. The van der Waals surface area contributed by atoms with Crippen LogP contribution in [0.1, 0.15) is 25.3 Å². The first-order valence-corrected chi connectivity index (χ1v) is 7.19. The Kier molecular flexibility index (Phi) is 5.37. The van der Waals surface area contributed by atoms with Gasteiger partial charge in [-0.25, -0.2) is 0 Å². The highest BCUT2D eigenvalue weighted by Gasteiger charge is 2.41. The summed E-state index contributed by atoms with van der Waals surface area (Å²) >= 11 is 0. The van der Waals surface area contributed by atoms with Crippen molar-refractivity contribution in [3.8, 4) is 0 Å². The van der Waals surface area contributed by atoms with Crippen molar-refractivity contribution < 1.29 is 9.47 Å². The van der Waals surface area contributed by atoms with Gasteiger partial charge in [-0.05, 0) is 24.9 Å². The van der Waals surface area contributed by atoms with Crippen LogP contribution in [-0.2, 0) is 14.9 Å². The minimum absolute atomic E-state index is 0.130. The van der Waals surface area contributed by atoms with E-state index in [1.165, 1.54) is 5.56 Å². The number of methoxy groups -OCH3 is 1. The SMILES string of the molecule is CCNC(COC)C1(c2ccccc2)CCOCC1. The predicted molar refractivity (Wildman–Crippen MR) is 77.5 cm³/mol. The molecule has 0 aromatic heterocycles. The highest BCUT2D eigenvalue weighted by molar-refractivity contribution is 5.28. The van der Waals surface area contributed by atoms with Gasteiger partial charge in [0.25, 0.3) is 0 Å². The molecule has 19 heavy (non-hydrogen) atoms. The van der Waals surface area contributed by atoms with Crippen LogP contribution >= 0.6 is 0 Å². The molecular formula is C16H25NO2. The second-order valence-electron chi connectivity index (χ2n) is 5.20. The predicted octanol–water partition coefficient (Wildman–Crippen LogP) is 2.36. The van der Waals surface area contributed by atoms with E-state index >= 15 is 0 Å². The summed E-state index contributed by atoms with van der Waals surface area (Å²) < 4.78 is 11.0. The van der Waals surface area contributed by atoms with Crippen molar-refractivity contribution in [2.45, 2.75) is 31.2 Å². The summed E-state index contributed by atoms with van der Waals surface area (Å²) in [5.74, 6) is 0. The van der Waals surface area contributed by atoms with E-state index in [-0.39, 0.29) is 5.41 Å². The maximum absolute atomic E-state index is 5.58. The van der Waals surface area contributed by atoms with Crippen LogP contribution in [0, 0.1) is 0 Å². The second-order valence-corrected chi connectivity index (χ2v) is 5.20. The molecule has 1 N–H and O–H groups in total. The fourth-order valence-electron chi connectivity index (χ4n) is 3.17. The molecule has 1 aromatic carbocycles. The van der Waals surface area contributed by atoms with Gasteiger partial charge in [0, 0.05) is 31.8 Å². The standard InChI is InChI=1S/C16H25NO2/c1-3-17-15(13-18-2)16(9-11-19-12-10-16)14-7-5-4-6-8-14/h4-8,15,17H,3,9-13H2,1-2H3. The van der Waals surface area contributed by atoms with Crippen molar-refractivity contribution in [3.05, 3.63) is 35.9 Å². The number of nitrogens with one attached hydrogen (secondary N) is 1. The van der Waals surface area contributed by atoms with E-state index in [0.717, 1.165) is 39.2 Å². The van der Waals surface area contributed by atoms with E-state index in [9.17, 15) is 0 Å². The topological polar surface area (TPSA) is 30.5 Å². The Bertz CT molecular complexity index is 354. The van der Waals surface area contributed by atoms with Crippen molar-refractivity contribution in [1.29, 1.82) is 0 Å². The van der Waals surface area contributed by atoms with E-state index in [0.29, 0.717) is 6.04 Å². The lowest BCUT2D eigenvalue weighted by Crippen LogP contribution is -2.53. The maximum atomic E-state index is 5.58. The van der Waals surface area contributed by atoms with Gasteiger partial charge in [-0.1, -0.05) is 37.3 Å². The molecule has 1 aliphatic rings. The summed E-state index contributed by atoms with van der Waals surface area (Å²) in [5, 5.41) is 3.61. The molecule has 1 heterocycles. The lowest BCUT2D eigenvalue weighted by molar-refractivity contribution is 0.0179. The van der Waals surface area contributed by atoms with Gasteiger partial charge in [0.05, 0.1) is 6.61 Å². The first-order chi connectivity index (χ1) is 9.33. The zero-order chi connectivity index (χ0) is 13.6. The average molecular weight is 263 g/mol. The molecule has 3 nitrogen and oxygen atoms in total. The van der Waals surface area contributed by atoms with Gasteiger partial charge < -0.3 is 14.8 Å². The molecule has 0 spiro atoms. The van der Waals surface area contributed by atoms with Crippen molar-refractivity contribution in [2.24, 2.45) is 0 Å². The molecule has 0 saturated carbocycles. The van der Waals surface area contributed by atoms with E-state index in [4.69, 9.17) is 9.47 Å². The van der Waals surface area contributed by atoms with Crippen molar-refractivity contribution in [2.75, 3.05) is 33.5 Å². The van der Waals surface area contributed by atoms with Gasteiger partial charge in [0.1, 0.15) is 0 Å². The molecule has 1 fully saturated rings. The molecule has 3 heteroatoms. The van der Waals surface area contributed by atoms with E-state index < -0.39 is 0 Å². The quantitative estimate of drug-likeness (QED) is 0.854. The molecule has 1 unspecified atom stereocenters. The Labute approximate surface area is 116 Å². The smallest absolute Gasteiger partial charge is 0.0624 e. The van der Waals surface area contributed by atoms with E-state index in [2.05, 4.69) is 42.6 Å². The Balaban J connectivity index is 2.32. The normalized spacial score (nSPS) is 20.1. The molecule has 1 atom stereocenters. The van der Waals surface area contributed by atoms with Gasteiger partial charge in [-0.15, -0.1) is 0 Å². The zero-order valence-electron chi connectivity index (χ0n) is 12.0. The third-order valence-corrected chi connectivity index (χ3v) is 4.18. The van der Waals surface area contributed by atoms with Crippen LogP contribution in [0.3, 0.4) is 0 Å². The lowest BCUT2D eigenvalue weighted by atomic mass is 9.69. The number of hydrogen-bond donors (Lipinski definition) is 1. The van der Waals surface area contributed by atoms with Crippen LogP contribution in [0.15, 0.2) is 30.3 Å². The molecule has 2 rings (SSSR count). The monoisotopic (exact) mass is 263 g/mol. The highest BCUT2D eigenvalue weighted by atomic mass is 16.5. The minimum Gasteiger partial charge on any atom is -0.383 e. The number of rotatable bonds is 6. The van der Waals surface area contributed by atoms with Crippen molar-refractivity contribution in [3.63, 3.8) is 0 Å². The van der Waals surface area contributed by atoms with Crippen LogP contribution in [-0.4, -0.2) is 39.5 Å². The number of likely N-dealkylation sites (N-methyl/N-ethyl adjacent to an activating group) is 1. The minimum atomic E-state index is 0.130. The summed E-state index contributed by atoms with van der Waals surface area (Å²) in [7, 11) is 1.78. The summed E-state index contributed by atoms with van der Waals surface area (Å²) in [6.07, 6.45) is 2.11. The third kappa shape index (κ3) is 3.16. The Morgan fingerprint density at radius 3 is 2.53 bits per heavy atom. The third-order valence-electron chi connectivity index (χ3n) is 4.18. The van der Waals surface area contributed by atoms with E-state index in [1.807, 2.05) is 0 Å². The van der Waals surface area contributed by atoms with Crippen LogP contribution in [0.2, 0.25) is 0 Å². The molecule has 0 aliphatic carbocycles. The number of benzene rings is 1. The Morgan fingerprint density at radius 2 is 1.95 bits per heavy atom. The molecule has 0 radical (unpaired) electrons. The van der Waals surface area contributed by atoms with E-state index in [1.54, 1.807) is 7.11 Å². The molecule has 1 aromatic rings. The first kappa shape index (κ1) is 14.5. The average Bonchev–Trinajstić information content (AvgIpc) is 2.49. The Morgan fingerprint density at radius 1 is 1.26 bits per heavy atom. The molecule has 0 bridgehead atoms. The van der Waals surface area contributed by atoms with Crippen molar-refractivity contribution in [1.82, 2.24) is 5.32 Å². The van der Waals surface area contributed by atoms with Crippen LogP contribution in [0.5, 0.6) is 0 Å². The summed E-state index contributed by atoms with van der Waals surface area (Å²) in [6.45, 7) is 5.52. The molecule has 1 aliphatic heterocycles. The van der Waals surface area contributed by atoms with Gasteiger partial charge >= 0.3 is 0 Å². The summed E-state index contributed by atoms with van der Waals surface area (Å²) in [5.41, 5.74) is 1.53. The molecule has 1 saturated heterocycles. The summed E-state index contributed by atoms with van der Waals surface area (Å²) in [6, 6.07) is 11.2. The fourth-order valence-corrected chi connectivity index (χ4v) is 3.17. The molecular weight excluding hydrogens is 238 g/mol. The van der Waals surface area contributed by atoms with Crippen LogP contribution in [0.4, 0.5) is 0 Å². The van der Waals surface area contributed by atoms with Crippen LogP contribution in [0.25, 0.3) is 0 Å². The number of hydrogen-bond acceptors (Lipinski definition) is 3. The lowest BCUT2D eigenvalue weighted by Gasteiger charge is -2.44. The van der Waals surface area contributed by atoms with Crippen molar-refractivity contribution >= 4 is 0 Å². The molecule has 106 valence electrons. The maximum Gasteiger partial charge on any atom is 0.0624 e. The van der Waals surface area contributed by atoms with Gasteiger partial charge in [-0.3, -0.25) is 0 Å².